The number of hydrogen-bond donors (Lipinski definition) is 0. The Kier molecular flexibility index (Phi) is 19.9. The highest BCUT2D eigenvalue weighted by Crippen LogP contribution is 1.72. The number of rotatable bonds is 0. The summed E-state index contributed by atoms with van der Waals surface area (Å²) in [6, 6.07) is 0. The predicted molar refractivity (Wildman–Crippen MR) is 38.2 cm³/mol. The highest BCUT2D eigenvalue weighted by Gasteiger charge is 1.59. The molecule has 0 aliphatic heterocycles. The van der Waals surface area contributed by atoms with Gasteiger partial charge < -0.3 is 4.42 Å². The van der Waals surface area contributed by atoms with Crippen molar-refractivity contribution in [3.8, 4) is 0 Å². The normalized spacial score (nSPS) is 5.00. The average molecular weight is 178 g/mol. The van der Waals surface area contributed by atoms with Crippen LogP contribution in [-0.4, -0.2) is 4.98 Å². The summed E-state index contributed by atoms with van der Waals surface area (Å²) in [5, 5.41) is 0. The minimum Gasteiger partial charge on any atom is -0.452 e. The van der Waals surface area contributed by atoms with Crippen molar-refractivity contribution in [2.45, 2.75) is 0 Å². The molecule has 0 radical (unpaired) electrons. The predicted octanol–water partition coefficient (Wildman–Crippen LogP) is 1.94. The van der Waals surface area contributed by atoms with Crippen molar-refractivity contribution in [1.29, 1.82) is 0 Å². The Labute approximate surface area is 65.9 Å². The van der Waals surface area contributed by atoms with Gasteiger partial charge in [-0.2, -0.15) is 0 Å². The van der Waals surface area contributed by atoms with Crippen LogP contribution < -0.4 is 0 Å². The third-order valence-corrected chi connectivity index (χ3v) is 0.347. The minimum atomic E-state index is 0. The number of hydrogen-bond acceptors (Lipinski definition) is 2. The van der Waals surface area contributed by atoms with Gasteiger partial charge in [0.05, 0.1) is 6.20 Å². The van der Waals surface area contributed by atoms with Crippen LogP contribution >= 0.6 is 37.2 Å². The second-order valence-corrected chi connectivity index (χ2v) is 0.676. The van der Waals surface area contributed by atoms with E-state index in [0.717, 1.165) is 0 Å². The molecular weight excluding hydrogens is 172 g/mol. The zero-order valence-corrected chi connectivity index (χ0v) is 6.26. The first-order valence-corrected chi connectivity index (χ1v) is 1.32. The molecule has 1 aromatic rings. The van der Waals surface area contributed by atoms with E-state index in [4.69, 9.17) is 0 Å². The van der Waals surface area contributed by atoms with Gasteiger partial charge in [0.1, 0.15) is 6.26 Å². The van der Waals surface area contributed by atoms with Gasteiger partial charge in [-0.25, -0.2) is 4.98 Å². The van der Waals surface area contributed by atoms with E-state index in [1.165, 1.54) is 12.7 Å². The summed E-state index contributed by atoms with van der Waals surface area (Å²) in [5.41, 5.74) is 0. The Balaban J connectivity index is -0.0000000833. The van der Waals surface area contributed by atoms with E-state index in [1.54, 1.807) is 6.20 Å². The van der Waals surface area contributed by atoms with Gasteiger partial charge in [-0.1, -0.05) is 0 Å². The van der Waals surface area contributed by atoms with Crippen molar-refractivity contribution in [2.75, 3.05) is 0 Å². The fraction of sp³-hybridized carbons (Fsp3) is 0. The van der Waals surface area contributed by atoms with Crippen LogP contribution in [0.2, 0.25) is 0 Å². The van der Waals surface area contributed by atoms with Gasteiger partial charge in [0, 0.05) is 0 Å². The summed E-state index contributed by atoms with van der Waals surface area (Å²) in [5.74, 6) is 0. The van der Waals surface area contributed by atoms with Gasteiger partial charge >= 0.3 is 0 Å². The molecule has 0 saturated carbocycles. The van der Waals surface area contributed by atoms with E-state index in [2.05, 4.69) is 9.40 Å². The van der Waals surface area contributed by atoms with Crippen molar-refractivity contribution in [2.24, 2.45) is 0 Å². The monoisotopic (exact) mass is 177 g/mol. The lowest BCUT2D eigenvalue weighted by Gasteiger charge is -1.47. The van der Waals surface area contributed by atoms with Crippen LogP contribution in [0.15, 0.2) is 23.3 Å². The Bertz CT molecular complexity index is 71.0. The van der Waals surface area contributed by atoms with E-state index in [1.807, 2.05) is 0 Å². The summed E-state index contributed by atoms with van der Waals surface area (Å²) in [7, 11) is 0. The molecule has 0 unspecified atom stereocenters. The van der Waals surface area contributed by atoms with Crippen molar-refractivity contribution in [1.82, 2.24) is 4.98 Å². The van der Waals surface area contributed by atoms with Crippen molar-refractivity contribution in [3.05, 3.63) is 18.9 Å². The molecule has 1 rings (SSSR count). The quantitative estimate of drug-likeness (QED) is 0.607. The molecule has 0 N–H and O–H groups in total. The van der Waals surface area contributed by atoms with Gasteiger partial charge in [0.2, 0.25) is 0 Å². The van der Waals surface area contributed by atoms with Crippen molar-refractivity contribution >= 4 is 37.2 Å². The molecule has 0 fully saturated rings. The van der Waals surface area contributed by atoms with Crippen LogP contribution in [0.4, 0.5) is 0 Å². The maximum atomic E-state index is 4.47. The molecule has 0 saturated heterocycles. The van der Waals surface area contributed by atoms with Gasteiger partial charge in [0.15, 0.2) is 6.39 Å². The largest absolute Gasteiger partial charge is 0.452 e. The first-order valence-electron chi connectivity index (χ1n) is 1.32. The maximum absolute atomic E-state index is 4.47. The van der Waals surface area contributed by atoms with E-state index < -0.39 is 0 Å². The molecule has 2 nitrogen and oxygen atoms in total. The third kappa shape index (κ3) is 6.08. The van der Waals surface area contributed by atoms with Crippen LogP contribution in [0.5, 0.6) is 0 Å². The van der Waals surface area contributed by atoms with Crippen LogP contribution in [0.3, 0.4) is 0 Å². The smallest absolute Gasteiger partial charge is 0.180 e. The summed E-state index contributed by atoms with van der Waals surface area (Å²) >= 11 is 0. The molecule has 0 spiro atoms. The fourth-order valence-electron chi connectivity index (χ4n) is 0.176. The third-order valence-electron chi connectivity index (χ3n) is 0.347. The van der Waals surface area contributed by atoms with Crippen molar-refractivity contribution in [3.63, 3.8) is 0 Å². The molecule has 0 aliphatic carbocycles. The molecular formula is C3H6Cl3NO. The number of nitrogens with zero attached hydrogens (tertiary/aromatic N) is 1. The molecule has 0 atom stereocenters. The first-order chi connectivity index (χ1) is 2.50. The molecule has 50 valence electrons. The lowest BCUT2D eigenvalue weighted by Crippen LogP contribution is -1.38. The minimum absolute atomic E-state index is 0. The molecule has 8 heavy (non-hydrogen) atoms. The number of halogens is 3. The molecule has 0 aliphatic rings. The average Bonchev–Trinajstić information content (AvgIpc) is 1.76. The zero-order chi connectivity index (χ0) is 3.54. The molecule has 0 bridgehead atoms. The highest BCUT2D eigenvalue weighted by atomic mass is 35.5. The fourth-order valence-corrected chi connectivity index (χ4v) is 0.176. The Hall–Kier alpha value is 0.0800. The summed E-state index contributed by atoms with van der Waals surface area (Å²) in [6.45, 7) is 0. The van der Waals surface area contributed by atoms with Crippen LogP contribution in [0.25, 0.3) is 0 Å². The number of aromatic nitrogens is 1. The SMILES string of the molecule is Cl.Cl.Cl.c1cocn1. The van der Waals surface area contributed by atoms with Crippen LogP contribution in [-0.2, 0) is 0 Å². The molecule has 5 heteroatoms. The summed E-state index contributed by atoms with van der Waals surface area (Å²) in [4.78, 5) is 3.56. The number of oxazole rings is 1. The molecule has 1 aromatic heterocycles. The van der Waals surface area contributed by atoms with Crippen molar-refractivity contribution < 1.29 is 4.42 Å². The highest BCUT2D eigenvalue weighted by molar-refractivity contribution is 5.86. The summed E-state index contributed by atoms with van der Waals surface area (Å²) < 4.78 is 4.47. The van der Waals surface area contributed by atoms with Gasteiger partial charge in [-0.3, -0.25) is 0 Å². The van der Waals surface area contributed by atoms with Crippen LogP contribution in [0, 0.1) is 0 Å². The van der Waals surface area contributed by atoms with Gasteiger partial charge in [-0.05, 0) is 0 Å². The van der Waals surface area contributed by atoms with E-state index >= 15 is 0 Å². The van der Waals surface area contributed by atoms with E-state index in [9.17, 15) is 0 Å². The molecule has 0 amide bonds. The second kappa shape index (κ2) is 10.1. The Morgan fingerprint density at radius 3 is 1.88 bits per heavy atom. The Morgan fingerprint density at radius 2 is 1.75 bits per heavy atom. The molecule has 1 heterocycles. The lowest BCUT2D eigenvalue weighted by molar-refractivity contribution is 0.558. The summed E-state index contributed by atoms with van der Waals surface area (Å²) in [6.07, 6.45) is 4.47. The van der Waals surface area contributed by atoms with Gasteiger partial charge in [-0.15, -0.1) is 37.2 Å². The maximum Gasteiger partial charge on any atom is 0.180 e. The second-order valence-electron chi connectivity index (χ2n) is 0.676. The lowest BCUT2D eigenvalue weighted by atomic mass is 11.0. The van der Waals surface area contributed by atoms with E-state index in [0.29, 0.717) is 0 Å². The zero-order valence-electron chi connectivity index (χ0n) is 3.81. The van der Waals surface area contributed by atoms with Gasteiger partial charge in [0.25, 0.3) is 0 Å². The molecule has 0 aromatic carbocycles. The topological polar surface area (TPSA) is 26.0 Å². The Morgan fingerprint density at radius 1 is 1.12 bits per heavy atom. The van der Waals surface area contributed by atoms with Crippen LogP contribution in [0.1, 0.15) is 0 Å². The first kappa shape index (κ1) is 15.7. The van der Waals surface area contributed by atoms with E-state index in [-0.39, 0.29) is 37.2 Å². The standard InChI is InChI=1S/C3H3NO.3ClH/c1-2-5-3-4-1;;;/h1-3H;3*1H.